The molecule has 3 rings (SSSR count). The van der Waals surface area contributed by atoms with Gasteiger partial charge in [-0.05, 0) is 29.7 Å². The van der Waals surface area contributed by atoms with Crippen molar-refractivity contribution in [2.24, 2.45) is 0 Å². The molecule has 7 heteroatoms. The van der Waals surface area contributed by atoms with E-state index >= 15 is 0 Å². The Labute approximate surface area is 163 Å². The molecule has 0 aliphatic carbocycles. The normalized spacial score (nSPS) is 16.6. The molecule has 2 N–H and O–H groups in total. The molecule has 0 saturated heterocycles. The molecule has 0 radical (unpaired) electrons. The lowest BCUT2D eigenvalue weighted by molar-refractivity contribution is -0.139. The van der Waals surface area contributed by atoms with Crippen molar-refractivity contribution in [3.05, 3.63) is 59.2 Å². The topological polar surface area (TPSA) is 94.1 Å². The molecule has 2 atom stereocenters. The van der Waals surface area contributed by atoms with Crippen molar-refractivity contribution in [1.82, 2.24) is 5.32 Å². The lowest BCUT2D eigenvalue weighted by Gasteiger charge is -2.27. The average Bonchev–Trinajstić information content (AvgIpc) is 2.71. The molecular formula is C21H23NO6. The van der Waals surface area contributed by atoms with Gasteiger partial charge in [-0.2, -0.15) is 0 Å². The van der Waals surface area contributed by atoms with E-state index in [9.17, 15) is 14.7 Å². The second kappa shape index (κ2) is 8.75. The van der Waals surface area contributed by atoms with E-state index in [1.807, 2.05) is 24.3 Å². The van der Waals surface area contributed by atoms with Gasteiger partial charge >= 0.3 is 5.97 Å². The first-order valence-electron chi connectivity index (χ1n) is 8.97. The highest BCUT2D eigenvalue weighted by Crippen LogP contribution is 2.33. The van der Waals surface area contributed by atoms with Crippen LogP contribution in [0.25, 0.3) is 0 Å². The highest BCUT2D eigenvalue weighted by atomic mass is 16.5. The Kier molecular flexibility index (Phi) is 6.16. The third-order valence-electron chi connectivity index (χ3n) is 4.74. The molecule has 0 spiro atoms. The number of benzene rings is 2. The minimum Gasteiger partial charge on any atom is -0.497 e. The zero-order valence-electron chi connectivity index (χ0n) is 15.8. The monoisotopic (exact) mass is 385 g/mol. The first kappa shape index (κ1) is 19.7. The van der Waals surface area contributed by atoms with E-state index in [1.165, 1.54) is 14.2 Å². The van der Waals surface area contributed by atoms with Crippen LogP contribution in [0.1, 0.15) is 35.3 Å². The molecule has 148 valence electrons. The number of ether oxygens (including phenoxy) is 3. The Morgan fingerprint density at radius 1 is 1.21 bits per heavy atom. The molecular weight excluding hydrogens is 362 g/mol. The minimum atomic E-state index is -1.03. The van der Waals surface area contributed by atoms with E-state index in [1.54, 1.807) is 18.2 Å². The van der Waals surface area contributed by atoms with Crippen molar-refractivity contribution >= 4 is 11.9 Å². The number of nitrogens with one attached hydrogen (secondary N) is 1. The van der Waals surface area contributed by atoms with Crippen molar-refractivity contribution in [3.8, 4) is 11.5 Å². The van der Waals surface area contributed by atoms with Crippen LogP contribution in [0.5, 0.6) is 11.5 Å². The highest BCUT2D eigenvalue weighted by Gasteiger charge is 2.30. The molecule has 28 heavy (non-hydrogen) atoms. The molecule has 7 nitrogen and oxygen atoms in total. The van der Waals surface area contributed by atoms with Gasteiger partial charge in [-0.1, -0.05) is 24.3 Å². The SMILES string of the molecule is COc1ccc(C(CC(=O)O)NC(=O)C2OCCc3ccccc32)c(OC)c1. The number of carboxylic acid groups (broad SMARTS) is 1. The van der Waals surface area contributed by atoms with Gasteiger partial charge in [0.25, 0.3) is 5.91 Å². The lowest BCUT2D eigenvalue weighted by Crippen LogP contribution is -2.37. The van der Waals surface area contributed by atoms with Gasteiger partial charge in [0.1, 0.15) is 11.5 Å². The summed E-state index contributed by atoms with van der Waals surface area (Å²) in [6.07, 6.45) is -0.321. The molecule has 0 fully saturated rings. The smallest absolute Gasteiger partial charge is 0.305 e. The molecule has 2 aromatic carbocycles. The number of carbonyl (C=O) groups excluding carboxylic acids is 1. The van der Waals surface area contributed by atoms with Crippen molar-refractivity contribution in [1.29, 1.82) is 0 Å². The van der Waals surface area contributed by atoms with Crippen LogP contribution in [-0.4, -0.2) is 37.8 Å². The Hall–Kier alpha value is -3.06. The predicted molar refractivity (Wildman–Crippen MR) is 102 cm³/mol. The largest absolute Gasteiger partial charge is 0.497 e. The van der Waals surface area contributed by atoms with E-state index < -0.39 is 18.1 Å². The van der Waals surface area contributed by atoms with Gasteiger partial charge in [-0.3, -0.25) is 9.59 Å². The molecule has 2 aromatic rings. The zero-order chi connectivity index (χ0) is 20.1. The summed E-state index contributed by atoms with van der Waals surface area (Å²) in [5.74, 6) is -0.397. The average molecular weight is 385 g/mol. The third-order valence-corrected chi connectivity index (χ3v) is 4.74. The summed E-state index contributed by atoms with van der Waals surface area (Å²) in [5.41, 5.74) is 2.43. The fourth-order valence-corrected chi connectivity index (χ4v) is 3.38. The minimum absolute atomic E-state index is 0.289. The Bertz CT molecular complexity index is 866. The Balaban J connectivity index is 1.88. The summed E-state index contributed by atoms with van der Waals surface area (Å²) >= 11 is 0. The van der Waals surface area contributed by atoms with Gasteiger partial charge in [0.2, 0.25) is 0 Å². The second-order valence-electron chi connectivity index (χ2n) is 6.47. The van der Waals surface area contributed by atoms with Gasteiger partial charge in [-0.15, -0.1) is 0 Å². The molecule has 0 saturated carbocycles. The fraction of sp³-hybridized carbons (Fsp3) is 0.333. The standard InChI is InChI=1S/C21H23NO6/c1-26-14-7-8-16(18(11-14)27-2)17(12-19(23)24)22-21(25)20-15-6-4-3-5-13(15)9-10-28-20/h3-8,11,17,20H,9-10,12H2,1-2H3,(H,22,25)(H,23,24). The number of carboxylic acids is 1. The van der Waals surface area contributed by atoms with Crippen LogP contribution in [0, 0.1) is 0 Å². The van der Waals surface area contributed by atoms with Crippen molar-refractivity contribution < 1.29 is 28.9 Å². The van der Waals surface area contributed by atoms with Crippen LogP contribution in [0.15, 0.2) is 42.5 Å². The van der Waals surface area contributed by atoms with E-state index in [0.29, 0.717) is 23.7 Å². The number of carbonyl (C=O) groups is 2. The number of hydrogen-bond donors (Lipinski definition) is 2. The van der Waals surface area contributed by atoms with Crippen LogP contribution in [0.2, 0.25) is 0 Å². The van der Waals surface area contributed by atoms with Gasteiger partial charge in [0.05, 0.1) is 33.3 Å². The Morgan fingerprint density at radius 2 is 2.00 bits per heavy atom. The molecule has 0 aromatic heterocycles. The number of methoxy groups -OCH3 is 2. The van der Waals surface area contributed by atoms with Crippen LogP contribution in [-0.2, 0) is 20.7 Å². The number of amides is 1. The van der Waals surface area contributed by atoms with Gasteiger partial charge < -0.3 is 24.6 Å². The van der Waals surface area contributed by atoms with E-state index in [2.05, 4.69) is 5.32 Å². The first-order valence-corrected chi connectivity index (χ1v) is 8.97. The zero-order valence-corrected chi connectivity index (χ0v) is 15.8. The maximum atomic E-state index is 13.0. The summed E-state index contributed by atoms with van der Waals surface area (Å²) in [4.78, 5) is 24.4. The van der Waals surface area contributed by atoms with Crippen LogP contribution in [0.3, 0.4) is 0 Å². The molecule has 1 aliphatic rings. The summed E-state index contributed by atoms with van der Waals surface area (Å²) in [7, 11) is 3.02. The second-order valence-corrected chi connectivity index (χ2v) is 6.47. The van der Waals surface area contributed by atoms with Crippen LogP contribution >= 0.6 is 0 Å². The number of hydrogen-bond acceptors (Lipinski definition) is 5. The number of fused-ring (bicyclic) bond motifs is 1. The fourth-order valence-electron chi connectivity index (χ4n) is 3.38. The number of aliphatic carboxylic acids is 1. The predicted octanol–water partition coefficient (Wildman–Crippen LogP) is 2.65. The van der Waals surface area contributed by atoms with Crippen LogP contribution < -0.4 is 14.8 Å². The van der Waals surface area contributed by atoms with Gasteiger partial charge in [0.15, 0.2) is 6.10 Å². The number of rotatable bonds is 7. The van der Waals surface area contributed by atoms with E-state index in [-0.39, 0.29) is 12.3 Å². The van der Waals surface area contributed by atoms with E-state index in [4.69, 9.17) is 14.2 Å². The molecule has 1 amide bonds. The highest BCUT2D eigenvalue weighted by molar-refractivity contribution is 5.84. The van der Waals surface area contributed by atoms with Gasteiger partial charge in [0, 0.05) is 11.6 Å². The maximum Gasteiger partial charge on any atom is 0.305 e. The lowest BCUT2D eigenvalue weighted by atomic mass is 9.96. The molecule has 1 heterocycles. The summed E-state index contributed by atoms with van der Waals surface area (Å²) in [6.45, 7) is 0.435. The van der Waals surface area contributed by atoms with Crippen molar-refractivity contribution in [3.63, 3.8) is 0 Å². The van der Waals surface area contributed by atoms with Gasteiger partial charge in [-0.25, -0.2) is 0 Å². The van der Waals surface area contributed by atoms with E-state index in [0.717, 1.165) is 17.5 Å². The molecule has 2 unspecified atom stereocenters. The van der Waals surface area contributed by atoms with Crippen molar-refractivity contribution in [2.75, 3.05) is 20.8 Å². The summed E-state index contributed by atoms with van der Waals surface area (Å²) in [5, 5.41) is 12.2. The third kappa shape index (κ3) is 4.26. The van der Waals surface area contributed by atoms with Crippen LogP contribution in [0.4, 0.5) is 0 Å². The summed E-state index contributed by atoms with van der Waals surface area (Å²) < 4.78 is 16.3. The first-order chi connectivity index (χ1) is 13.5. The molecule has 0 bridgehead atoms. The molecule has 1 aliphatic heterocycles. The quantitative estimate of drug-likeness (QED) is 0.761. The Morgan fingerprint density at radius 3 is 2.71 bits per heavy atom. The maximum absolute atomic E-state index is 13.0. The van der Waals surface area contributed by atoms with Crippen molar-refractivity contribution in [2.45, 2.75) is 25.0 Å². The summed E-state index contributed by atoms with van der Waals surface area (Å²) in [6, 6.07) is 11.9.